The number of aliphatic hydroxyl groups is 1. The van der Waals surface area contributed by atoms with E-state index in [0.29, 0.717) is 22.6 Å². The number of H-pyrrole nitrogens is 1. The normalized spacial score (nSPS) is 17.1. The van der Waals surface area contributed by atoms with Gasteiger partial charge in [-0.1, -0.05) is 48.5 Å². The number of nitrogens with one attached hydrogen (secondary N) is 1. The third-order valence-electron chi connectivity index (χ3n) is 6.46. The number of para-hydroxylation sites is 2. The van der Waals surface area contributed by atoms with Crippen molar-refractivity contribution in [3.05, 3.63) is 101 Å². The first-order valence-electron chi connectivity index (χ1n) is 12.1. The molecule has 3 aromatic carbocycles. The Kier molecular flexibility index (Phi) is 6.44. The molecule has 2 N–H and O–H groups in total. The SMILES string of the molecule is COc1ccccc1CN1C(=O)C(=O)/C(=C(\O)c2c[nH]c3ccccc23)C1c1cccc(OC(C)C)c1. The Morgan fingerprint density at radius 2 is 1.78 bits per heavy atom. The molecule has 5 rings (SSSR count). The van der Waals surface area contributed by atoms with E-state index in [2.05, 4.69) is 4.98 Å². The van der Waals surface area contributed by atoms with Gasteiger partial charge in [0.2, 0.25) is 0 Å². The second kappa shape index (κ2) is 9.85. The van der Waals surface area contributed by atoms with E-state index < -0.39 is 17.7 Å². The number of rotatable bonds is 7. The number of carbonyl (C=O) groups excluding carboxylic acids is 2. The van der Waals surface area contributed by atoms with Crippen molar-refractivity contribution in [3.63, 3.8) is 0 Å². The first-order valence-corrected chi connectivity index (χ1v) is 12.1. The fraction of sp³-hybridized carbons (Fsp3) is 0.200. The number of benzene rings is 3. The molecule has 1 saturated heterocycles. The van der Waals surface area contributed by atoms with Crippen LogP contribution in [0.5, 0.6) is 11.5 Å². The van der Waals surface area contributed by atoms with E-state index in [9.17, 15) is 14.7 Å². The topological polar surface area (TPSA) is 91.9 Å². The molecule has 2 heterocycles. The van der Waals surface area contributed by atoms with Crippen LogP contribution < -0.4 is 9.47 Å². The van der Waals surface area contributed by atoms with Crippen LogP contribution in [-0.2, 0) is 16.1 Å². The summed E-state index contributed by atoms with van der Waals surface area (Å²) in [5.41, 5.74) is 2.72. The van der Waals surface area contributed by atoms with Crippen molar-refractivity contribution in [1.29, 1.82) is 0 Å². The van der Waals surface area contributed by atoms with Crippen LogP contribution in [-0.4, -0.2) is 39.9 Å². The molecule has 0 aliphatic carbocycles. The van der Waals surface area contributed by atoms with Crippen LogP contribution in [0, 0.1) is 0 Å². The lowest BCUT2D eigenvalue weighted by Gasteiger charge is -2.26. The highest BCUT2D eigenvalue weighted by Gasteiger charge is 2.46. The fourth-order valence-corrected chi connectivity index (χ4v) is 4.85. The van der Waals surface area contributed by atoms with Gasteiger partial charge >= 0.3 is 0 Å². The number of ether oxygens (including phenoxy) is 2. The lowest BCUT2D eigenvalue weighted by molar-refractivity contribution is -0.140. The summed E-state index contributed by atoms with van der Waals surface area (Å²) in [6.07, 6.45) is 1.60. The number of amides is 1. The second-order valence-electron chi connectivity index (χ2n) is 9.23. The number of hydrogen-bond donors (Lipinski definition) is 2. The highest BCUT2D eigenvalue weighted by molar-refractivity contribution is 6.46. The first-order chi connectivity index (χ1) is 17.9. The molecule has 1 atom stereocenters. The Hall–Kier alpha value is -4.52. The molecular formula is C30H28N2O5. The molecule has 4 aromatic rings. The molecule has 0 bridgehead atoms. The molecule has 1 fully saturated rings. The predicted octanol–water partition coefficient (Wildman–Crippen LogP) is 5.59. The van der Waals surface area contributed by atoms with Crippen LogP contribution in [0.2, 0.25) is 0 Å². The summed E-state index contributed by atoms with van der Waals surface area (Å²) in [4.78, 5) is 31.6. The van der Waals surface area contributed by atoms with Crippen LogP contribution >= 0.6 is 0 Å². The highest BCUT2D eigenvalue weighted by Crippen LogP contribution is 2.42. The Bertz CT molecular complexity index is 1520. The van der Waals surface area contributed by atoms with Gasteiger partial charge in [0.05, 0.1) is 31.4 Å². The zero-order valence-corrected chi connectivity index (χ0v) is 20.9. The molecule has 0 spiro atoms. The van der Waals surface area contributed by atoms with E-state index in [0.717, 1.165) is 16.5 Å². The van der Waals surface area contributed by atoms with Crippen molar-refractivity contribution in [2.24, 2.45) is 0 Å². The van der Waals surface area contributed by atoms with Crippen LogP contribution in [0.4, 0.5) is 0 Å². The van der Waals surface area contributed by atoms with Crippen LogP contribution in [0.15, 0.2) is 84.6 Å². The smallest absolute Gasteiger partial charge is 0.295 e. The molecule has 188 valence electrons. The average molecular weight is 497 g/mol. The summed E-state index contributed by atoms with van der Waals surface area (Å²) < 4.78 is 11.4. The summed E-state index contributed by atoms with van der Waals surface area (Å²) in [5.74, 6) is -0.428. The van der Waals surface area contributed by atoms with E-state index >= 15 is 0 Å². The number of ketones is 1. The van der Waals surface area contributed by atoms with E-state index in [1.54, 1.807) is 13.3 Å². The summed E-state index contributed by atoms with van der Waals surface area (Å²) in [6.45, 7) is 3.98. The maximum atomic E-state index is 13.5. The number of nitrogens with zero attached hydrogens (tertiary/aromatic N) is 1. The monoisotopic (exact) mass is 496 g/mol. The van der Waals surface area contributed by atoms with Crippen LogP contribution in [0.3, 0.4) is 0 Å². The minimum atomic E-state index is -0.825. The molecule has 1 aliphatic rings. The molecule has 7 nitrogen and oxygen atoms in total. The van der Waals surface area contributed by atoms with Crippen LogP contribution in [0.25, 0.3) is 16.7 Å². The van der Waals surface area contributed by atoms with Crippen molar-refractivity contribution in [1.82, 2.24) is 9.88 Å². The molecule has 1 aliphatic heterocycles. The third kappa shape index (κ3) is 4.44. The van der Waals surface area contributed by atoms with Crippen molar-refractivity contribution in [2.75, 3.05) is 7.11 Å². The van der Waals surface area contributed by atoms with Gasteiger partial charge in [0.15, 0.2) is 0 Å². The molecule has 1 amide bonds. The minimum Gasteiger partial charge on any atom is -0.507 e. The number of likely N-dealkylation sites (tertiary alicyclic amines) is 1. The summed E-state index contributed by atoms with van der Waals surface area (Å²) in [5, 5.41) is 12.3. The van der Waals surface area contributed by atoms with Gasteiger partial charge in [-0.25, -0.2) is 0 Å². The Morgan fingerprint density at radius 1 is 1.03 bits per heavy atom. The van der Waals surface area contributed by atoms with Gasteiger partial charge in [-0.15, -0.1) is 0 Å². The van der Waals surface area contributed by atoms with Crippen molar-refractivity contribution in [2.45, 2.75) is 32.5 Å². The van der Waals surface area contributed by atoms with Crippen molar-refractivity contribution < 1.29 is 24.2 Å². The quantitative estimate of drug-likeness (QED) is 0.198. The van der Waals surface area contributed by atoms with E-state index in [-0.39, 0.29) is 24.0 Å². The first kappa shape index (κ1) is 24.2. The number of aromatic nitrogens is 1. The zero-order valence-electron chi connectivity index (χ0n) is 20.9. The lowest BCUT2D eigenvalue weighted by Crippen LogP contribution is -2.29. The summed E-state index contributed by atoms with van der Waals surface area (Å²) in [6, 6.07) is 21.3. The second-order valence-corrected chi connectivity index (χ2v) is 9.23. The standard InChI is InChI=1S/C30H28N2O5/c1-18(2)37-21-11-8-10-19(15-21)27-26(28(33)23-16-31-24-13-6-5-12-22(23)24)29(34)30(35)32(27)17-20-9-4-7-14-25(20)36-3/h4-16,18,27,31,33H,17H2,1-3H3/b28-26-. The lowest BCUT2D eigenvalue weighted by atomic mass is 9.94. The maximum absolute atomic E-state index is 13.5. The van der Waals surface area contributed by atoms with Crippen LogP contribution in [0.1, 0.15) is 36.6 Å². The number of methoxy groups -OCH3 is 1. The summed E-state index contributed by atoms with van der Waals surface area (Å²) >= 11 is 0. The van der Waals surface area contributed by atoms with E-state index in [1.807, 2.05) is 86.6 Å². The van der Waals surface area contributed by atoms with E-state index in [1.165, 1.54) is 4.90 Å². The van der Waals surface area contributed by atoms with Gasteiger partial charge in [-0.05, 0) is 43.7 Å². The van der Waals surface area contributed by atoms with Gasteiger partial charge in [0.25, 0.3) is 11.7 Å². The largest absolute Gasteiger partial charge is 0.507 e. The number of aromatic amines is 1. The Morgan fingerprint density at radius 3 is 2.57 bits per heavy atom. The van der Waals surface area contributed by atoms with Gasteiger partial charge in [0.1, 0.15) is 17.3 Å². The molecule has 7 heteroatoms. The van der Waals surface area contributed by atoms with Gasteiger partial charge in [-0.2, -0.15) is 0 Å². The van der Waals surface area contributed by atoms with E-state index in [4.69, 9.17) is 9.47 Å². The molecule has 1 aromatic heterocycles. The Labute approximate surface area is 214 Å². The molecular weight excluding hydrogens is 468 g/mol. The molecule has 37 heavy (non-hydrogen) atoms. The average Bonchev–Trinajstić information content (AvgIpc) is 3.43. The highest BCUT2D eigenvalue weighted by atomic mass is 16.5. The molecule has 1 unspecified atom stereocenters. The Balaban J connectivity index is 1.69. The number of aliphatic hydroxyl groups excluding tert-OH is 1. The summed E-state index contributed by atoms with van der Waals surface area (Å²) in [7, 11) is 1.56. The van der Waals surface area contributed by atoms with Crippen molar-refractivity contribution in [3.8, 4) is 11.5 Å². The molecule has 0 saturated carbocycles. The predicted molar refractivity (Wildman–Crippen MR) is 141 cm³/mol. The van der Waals surface area contributed by atoms with Gasteiger partial charge < -0.3 is 24.5 Å². The number of Topliss-reactive ketones (excluding diaryl/α,β-unsaturated/α-hetero) is 1. The third-order valence-corrected chi connectivity index (χ3v) is 6.46. The minimum absolute atomic E-state index is 0.0337. The maximum Gasteiger partial charge on any atom is 0.295 e. The zero-order chi connectivity index (χ0) is 26.1. The molecule has 0 radical (unpaired) electrons. The van der Waals surface area contributed by atoms with Crippen molar-refractivity contribution >= 4 is 28.4 Å². The number of hydrogen-bond acceptors (Lipinski definition) is 5. The fourth-order valence-electron chi connectivity index (χ4n) is 4.85. The number of carbonyl (C=O) groups is 2. The number of fused-ring (bicyclic) bond motifs is 1. The van der Waals surface area contributed by atoms with Gasteiger partial charge in [-0.3, -0.25) is 9.59 Å². The van der Waals surface area contributed by atoms with Gasteiger partial charge in [0, 0.05) is 28.2 Å².